The lowest BCUT2D eigenvalue weighted by atomic mass is 10.3. The Kier molecular flexibility index (Phi) is 8.74. The molecule has 1 unspecified atom stereocenters. The van der Waals surface area contributed by atoms with Crippen molar-refractivity contribution in [1.29, 1.82) is 0 Å². The Morgan fingerprint density at radius 2 is 1.94 bits per heavy atom. The van der Waals surface area contributed by atoms with Gasteiger partial charge in [-0.2, -0.15) is 9.36 Å². The summed E-state index contributed by atoms with van der Waals surface area (Å²) in [5.41, 5.74) is 0.643. The first-order valence-corrected chi connectivity index (χ1v) is 12.2. The van der Waals surface area contributed by atoms with E-state index in [1.165, 1.54) is 35.1 Å². The number of carbonyl (C=O) groups is 2. The first kappa shape index (κ1) is 23.1. The molecule has 0 aliphatic heterocycles. The van der Waals surface area contributed by atoms with Gasteiger partial charge in [0.05, 0.1) is 5.25 Å². The fourth-order valence-electron chi connectivity index (χ4n) is 2.42. The van der Waals surface area contributed by atoms with Crippen LogP contribution in [0, 0.1) is 0 Å². The second-order valence-electron chi connectivity index (χ2n) is 6.24. The predicted octanol–water partition coefficient (Wildman–Crippen LogP) is 4.79. The third kappa shape index (κ3) is 7.57. The van der Waals surface area contributed by atoms with Gasteiger partial charge in [-0.15, -0.1) is 11.8 Å². The van der Waals surface area contributed by atoms with Crippen LogP contribution in [0.3, 0.4) is 0 Å². The van der Waals surface area contributed by atoms with Crippen LogP contribution in [0.25, 0.3) is 0 Å². The summed E-state index contributed by atoms with van der Waals surface area (Å²) in [5.74, 6) is 1.10. The van der Waals surface area contributed by atoms with Crippen molar-refractivity contribution in [1.82, 2.24) is 9.36 Å². The first-order chi connectivity index (χ1) is 15.0. The molecular formula is C21H22N4O3S3. The molecule has 0 aliphatic rings. The molecule has 2 amide bonds. The molecule has 3 aromatic rings. The number of aromatic nitrogens is 2. The van der Waals surface area contributed by atoms with Gasteiger partial charge in [-0.05, 0) is 43.0 Å². The van der Waals surface area contributed by atoms with Gasteiger partial charge >= 0.3 is 0 Å². The van der Waals surface area contributed by atoms with Gasteiger partial charge in [-0.25, -0.2) is 0 Å². The van der Waals surface area contributed by atoms with Gasteiger partial charge in [0, 0.05) is 22.1 Å². The summed E-state index contributed by atoms with van der Waals surface area (Å²) in [6, 6.07) is 16.5. The molecule has 1 aromatic heterocycles. The maximum atomic E-state index is 12.5. The smallest absolute Gasteiger partial charge is 0.262 e. The van der Waals surface area contributed by atoms with Crippen molar-refractivity contribution in [2.45, 2.75) is 29.1 Å². The highest BCUT2D eigenvalue weighted by atomic mass is 32.2. The maximum absolute atomic E-state index is 12.5. The lowest BCUT2D eigenvalue weighted by Gasteiger charge is -2.12. The third-order valence-electron chi connectivity index (χ3n) is 3.82. The minimum atomic E-state index is -0.349. The molecule has 0 saturated carbocycles. The van der Waals surface area contributed by atoms with Gasteiger partial charge in [-0.1, -0.05) is 43.0 Å². The molecule has 2 aromatic carbocycles. The molecule has 2 N–H and O–H groups in total. The zero-order valence-electron chi connectivity index (χ0n) is 17.0. The normalized spacial score (nSPS) is 11.5. The van der Waals surface area contributed by atoms with Crippen molar-refractivity contribution in [3.05, 3.63) is 54.6 Å². The van der Waals surface area contributed by atoms with Crippen molar-refractivity contribution in [3.8, 4) is 5.75 Å². The summed E-state index contributed by atoms with van der Waals surface area (Å²) >= 11 is 4.10. The van der Waals surface area contributed by atoms with Crippen molar-refractivity contribution in [3.63, 3.8) is 0 Å². The Morgan fingerprint density at radius 3 is 2.71 bits per heavy atom. The number of nitrogens with zero attached hydrogens (tertiary/aromatic N) is 2. The molecule has 162 valence electrons. The topological polar surface area (TPSA) is 93.2 Å². The lowest BCUT2D eigenvalue weighted by Crippen LogP contribution is -2.22. The minimum absolute atomic E-state index is 0.0830. The molecule has 0 fully saturated rings. The molecule has 0 bridgehead atoms. The molecule has 0 spiro atoms. The molecule has 10 heteroatoms. The number of hydrogen-bond acceptors (Lipinski definition) is 8. The van der Waals surface area contributed by atoms with E-state index in [1.54, 1.807) is 18.2 Å². The van der Waals surface area contributed by atoms with E-state index in [4.69, 9.17) is 4.74 Å². The van der Waals surface area contributed by atoms with Crippen LogP contribution < -0.4 is 15.4 Å². The van der Waals surface area contributed by atoms with Gasteiger partial charge < -0.3 is 10.1 Å². The number of thioether (sulfide) groups is 2. The number of benzene rings is 2. The third-order valence-corrected chi connectivity index (χ3v) is 6.39. The van der Waals surface area contributed by atoms with Crippen LogP contribution in [0.5, 0.6) is 5.75 Å². The van der Waals surface area contributed by atoms with Crippen molar-refractivity contribution in [2.24, 2.45) is 0 Å². The molecule has 31 heavy (non-hydrogen) atoms. The number of hydrogen-bond donors (Lipinski definition) is 2. The Balaban J connectivity index is 1.50. The Hall–Kier alpha value is -2.56. The van der Waals surface area contributed by atoms with E-state index in [2.05, 4.69) is 20.0 Å². The van der Waals surface area contributed by atoms with Gasteiger partial charge in [-0.3, -0.25) is 14.9 Å². The van der Waals surface area contributed by atoms with Gasteiger partial charge in [0.25, 0.3) is 5.91 Å². The highest BCUT2D eigenvalue weighted by Gasteiger charge is 2.17. The average Bonchev–Trinajstić information content (AvgIpc) is 3.20. The van der Waals surface area contributed by atoms with Crippen molar-refractivity contribution >= 4 is 57.7 Å². The predicted molar refractivity (Wildman–Crippen MR) is 127 cm³/mol. The van der Waals surface area contributed by atoms with Crippen LogP contribution in [0.4, 0.5) is 10.8 Å². The van der Waals surface area contributed by atoms with Crippen molar-refractivity contribution < 1.29 is 14.3 Å². The standard InChI is InChI=1S/C21H22N4O3S3/c1-3-29-21-24-20(31-25-21)23-19(27)14(2)30-17-11-7-8-15(12-17)22-18(26)13-28-16-9-5-4-6-10-16/h4-12,14H,3,13H2,1-2H3,(H,22,26)(H,23,24,25,27). The highest BCUT2D eigenvalue weighted by molar-refractivity contribution is 8.00. The fraction of sp³-hybridized carbons (Fsp3) is 0.238. The Morgan fingerprint density at radius 1 is 1.13 bits per heavy atom. The SMILES string of the molecule is CCSc1nsc(NC(=O)C(C)Sc2cccc(NC(=O)COc3ccccc3)c2)n1. The number of amides is 2. The van der Waals surface area contributed by atoms with Gasteiger partial charge in [0.1, 0.15) is 5.75 Å². The number of para-hydroxylation sites is 1. The first-order valence-electron chi connectivity index (χ1n) is 9.55. The number of ether oxygens (including phenoxy) is 1. The monoisotopic (exact) mass is 474 g/mol. The van der Waals surface area contributed by atoms with E-state index in [-0.39, 0.29) is 23.7 Å². The summed E-state index contributed by atoms with van der Waals surface area (Å²) in [6.45, 7) is 3.76. The number of anilines is 2. The summed E-state index contributed by atoms with van der Waals surface area (Å²) in [5, 5.41) is 6.43. The second kappa shape index (κ2) is 11.7. The van der Waals surface area contributed by atoms with E-state index in [9.17, 15) is 9.59 Å². The summed E-state index contributed by atoms with van der Waals surface area (Å²) in [6.07, 6.45) is 0. The molecule has 0 radical (unpaired) electrons. The summed E-state index contributed by atoms with van der Waals surface area (Å²) in [4.78, 5) is 29.8. The van der Waals surface area contributed by atoms with Crippen LogP contribution in [0.1, 0.15) is 13.8 Å². The second-order valence-corrected chi connectivity index (χ2v) is 9.64. The van der Waals surface area contributed by atoms with Crippen molar-refractivity contribution in [2.75, 3.05) is 23.0 Å². The number of rotatable bonds is 10. The lowest BCUT2D eigenvalue weighted by molar-refractivity contribution is -0.118. The van der Waals surface area contributed by atoms with Crippen LogP contribution in [0.2, 0.25) is 0 Å². The van der Waals surface area contributed by atoms with E-state index in [0.29, 0.717) is 21.7 Å². The van der Waals surface area contributed by atoms with E-state index in [1.807, 2.05) is 50.2 Å². The van der Waals surface area contributed by atoms with Crippen LogP contribution in [-0.2, 0) is 9.59 Å². The zero-order valence-corrected chi connectivity index (χ0v) is 19.5. The molecule has 1 atom stereocenters. The number of carbonyl (C=O) groups excluding carboxylic acids is 2. The van der Waals surface area contributed by atoms with Crippen LogP contribution in [0.15, 0.2) is 64.6 Å². The van der Waals surface area contributed by atoms with Gasteiger partial charge in [0.15, 0.2) is 6.61 Å². The minimum Gasteiger partial charge on any atom is -0.484 e. The Bertz CT molecular complexity index is 1010. The quantitative estimate of drug-likeness (QED) is 0.408. The van der Waals surface area contributed by atoms with Crippen LogP contribution in [-0.4, -0.2) is 38.8 Å². The molecule has 0 aliphatic carbocycles. The fourth-order valence-corrected chi connectivity index (χ4v) is 4.62. The summed E-state index contributed by atoms with van der Waals surface area (Å²) in [7, 11) is 0. The molecule has 0 saturated heterocycles. The Labute approximate surface area is 193 Å². The van der Waals surface area contributed by atoms with Crippen LogP contribution >= 0.6 is 35.1 Å². The maximum Gasteiger partial charge on any atom is 0.262 e. The van der Waals surface area contributed by atoms with E-state index < -0.39 is 0 Å². The average molecular weight is 475 g/mol. The largest absolute Gasteiger partial charge is 0.484 e. The van der Waals surface area contributed by atoms with Gasteiger partial charge in [0.2, 0.25) is 16.2 Å². The van der Waals surface area contributed by atoms with E-state index in [0.717, 1.165) is 10.6 Å². The molecular weight excluding hydrogens is 452 g/mol. The number of nitrogens with one attached hydrogen (secondary N) is 2. The molecule has 3 rings (SSSR count). The highest BCUT2D eigenvalue weighted by Crippen LogP contribution is 2.27. The summed E-state index contributed by atoms with van der Waals surface area (Å²) < 4.78 is 9.66. The zero-order chi connectivity index (χ0) is 22.1. The van der Waals surface area contributed by atoms with E-state index >= 15 is 0 Å². The molecule has 1 heterocycles. The molecule has 7 nitrogen and oxygen atoms in total.